The SMILES string of the molecule is CCCCCC(CCCCC)CC(=O)OCCCCCCCCCCC(CCCCCCCCCCOC(=O)CC(CCCCC)CCCCC)CN(C)C(C)C. The molecule has 340 valence electrons. The number of unbranched alkanes of at least 4 members (excludes halogenated alkanes) is 22. The van der Waals surface area contributed by atoms with Crippen LogP contribution in [0, 0.1) is 17.8 Å². The van der Waals surface area contributed by atoms with Gasteiger partial charge in [0.25, 0.3) is 0 Å². The summed E-state index contributed by atoms with van der Waals surface area (Å²) in [7, 11) is 2.31. The minimum absolute atomic E-state index is 0.0408. The van der Waals surface area contributed by atoms with Crippen molar-refractivity contribution in [1.82, 2.24) is 4.90 Å². The number of esters is 2. The zero-order chi connectivity index (χ0) is 42.0. The molecule has 0 saturated heterocycles. The second-order valence-corrected chi connectivity index (χ2v) is 18.7. The lowest BCUT2D eigenvalue weighted by molar-refractivity contribution is -0.146. The molecule has 0 aromatic carbocycles. The Balaban J connectivity index is 4.01. The molecule has 0 aliphatic heterocycles. The van der Waals surface area contributed by atoms with Crippen LogP contribution in [-0.4, -0.2) is 49.7 Å². The summed E-state index contributed by atoms with van der Waals surface area (Å²) in [5, 5.41) is 0. The van der Waals surface area contributed by atoms with E-state index in [1.54, 1.807) is 0 Å². The molecule has 0 rings (SSSR count). The van der Waals surface area contributed by atoms with Crippen LogP contribution in [0.1, 0.15) is 273 Å². The van der Waals surface area contributed by atoms with E-state index in [0.29, 0.717) is 43.9 Å². The number of hydrogen-bond donors (Lipinski definition) is 0. The quantitative estimate of drug-likeness (QED) is 0.0453. The molecular formula is C52H103NO4. The summed E-state index contributed by atoms with van der Waals surface area (Å²) < 4.78 is 11.3. The van der Waals surface area contributed by atoms with Crippen LogP contribution >= 0.6 is 0 Å². The van der Waals surface area contributed by atoms with Crippen molar-refractivity contribution >= 4 is 11.9 Å². The Morgan fingerprint density at radius 1 is 0.386 bits per heavy atom. The minimum Gasteiger partial charge on any atom is -0.466 e. The fourth-order valence-electron chi connectivity index (χ4n) is 8.53. The molecular weight excluding hydrogens is 703 g/mol. The standard InChI is InChI=1S/C52H103NO4/c1-8-12-28-36-48(37-29-13-9-2)44-51(54)56-42-34-26-22-18-16-20-24-32-40-50(46-53(7)47(5)6)41-33-25-21-17-19-23-27-35-43-57-52(55)45-49(38-30-14-10-3)39-31-15-11-4/h47-50H,8-46H2,1-7H3. The van der Waals surface area contributed by atoms with Gasteiger partial charge in [0, 0.05) is 25.4 Å². The van der Waals surface area contributed by atoms with Gasteiger partial charge in [-0.25, -0.2) is 0 Å². The van der Waals surface area contributed by atoms with E-state index in [4.69, 9.17) is 9.47 Å². The van der Waals surface area contributed by atoms with E-state index in [1.807, 2.05) is 0 Å². The first-order chi connectivity index (χ1) is 27.8. The lowest BCUT2D eigenvalue weighted by Crippen LogP contribution is -2.31. The molecule has 0 atom stereocenters. The first-order valence-corrected chi connectivity index (χ1v) is 25.8. The molecule has 0 aromatic rings. The summed E-state index contributed by atoms with van der Waals surface area (Å²) >= 11 is 0. The largest absolute Gasteiger partial charge is 0.466 e. The predicted molar refractivity (Wildman–Crippen MR) is 249 cm³/mol. The van der Waals surface area contributed by atoms with Gasteiger partial charge in [-0.1, -0.05) is 195 Å². The second-order valence-electron chi connectivity index (χ2n) is 18.7. The maximum atomic E-state index is 12.5. The fourth-order valence-corrected chi connectivity index (χ4v) is 8.53. The summed E-state index contributed by atoms with van der Waals surface area (Å²) in [4.78, 5) is 27.5. The third kappa shape index (κ3) is 38.8. The summed E-state index contributed by atoms with van der Waals surface area (Å²) in [5.74, 6) is 1.95. The number of hydrogen-bond acceptors (Lipinski definition) is 5. The fraction of sp³-hybridized carbons (Fsp3) is 0.962. The van der Waals surface area contributed by atoms with Crippen LogP contribution in [0.4, 0.5) is 0 Å². The lowest BCUT2D eigenvalue weighted by Gasteiger charge is -2.27. The van der Waals surface area contributed by atoms with E-state index in [0.717, 1.165) is 18.8 Å². The Labute approximate surface area is 358 Å². The first kappa shape index (κ1) is 55.9. The Morgan fingerprint density at radius 3 is 0.947 bits per heavy atom. The van der Waals surface area contributed by atoms with Crippen LogP contribution in [0.2, 0.25) is 0 Å². The van der Waals surface area contributed by atoms with Crippen LogP contribution in [0.5, 0.6) is 0 Å². The highest BCUT2D eigenvalue weighted by Crippen LogP contribution is 2.24. The maximum absolute atomic E-state index is 12.5. The smallest absolute Gasteiger partial charge is 0.306 e. The molecule has 0 radical (unpaired) electrons. The van der Waals surface area contributed by atoms with Crippen LogP contribution < -0.4 is 0 Å². The number of carbonyl (C=O) groups excluding carboxylic acids is 2. The molecule has 5 nitrogen and oxygen atoms in total. The monoisotopic (exact) mass is 806 g/mol. The van der Waals surface area contributed by atoms with Gasteiger partial charge in [0.05, 0.1) is 13.2 Å². The average molecular weight is 806 g/mol. The van der Waals surface area contributed by atoms with Gasteiger partial charge in [0.1, 0.15) is 0 Å². The average Bonchev–Trinajstić information content (AvgIpc) is 3.18. The van der Waals surface area contributed by atoms with Crippen molar-refractivity contribution in [2.45, 2.75) is 279 Å². The van der Waals surface area contributed by atoms with E-state index in [1.165, 1.54) is 212 Å². The summed E-state index contributed by atoms with van der Waals surface area (Å²) in [5.41, 5.74) is 0. The molecule has 0 fully saturated rings. The highest BCUT2D eigenvalue weighted by Gasteiger charge is 2.17. The van der Waals surface area contributed by atoms with Crippen LogP contribution in [0.3, 0.4) is 0 Å². The number of carbonyl (C=O) groups is 2. The van der Waals surface area contributed by atoms with Crippen LogP contribution in [-0.2, 0) is 19.1 Å². The molecule has 0 bridgehead atoms. The van der Waals surface area contributed by atoms with Gasteiger partial charge in [-0.2, -0.15) is 0 Å². The van der Waals surface area contributed by atoms with Crippen molar-refractivity contribution in [2.75, 3.05) is 26.8 Å². The highest BCUT2D eigenvalue weighted by molar-refractivity contribution is 5.70. The molecule has 0 N–H and O–H groups in total. The van der Waals surface area contributed by atoms with Gasteiger partial charge < -0.3 is 14.4 Å². The third-order valence-electron chi connectivity index (χ3n) is 12.7. The molecule has 57 heavy (non-hydrogen) atoms. The predicted octanol–water partition coefficient (Wildman–Crippen LogP) is 16.4. The lowest BCUT2D eigenvalue weighted by atomic mass is 9.92. The van der Waals surface area contributed by atoms with E-state index in [9.17, 15) is 9.59 Å². The molecule has 0 saturated carbocycles. The number of rotatable bonds is 45. The van der Waals surface area contributed by atoms with Gasteiger partial charge in [-0.15, -0.1) is 0 Å². The van der Waals surface area contributed by atoms with Crippen molar-refractivity contribution in [3.05, 3.63) is 0 Å². The van der Waals surface area contributed by atoms with Crippen LogP contribution in [0.25, 0.3) is 0 Å². The van der Waals surface area contributed by atoms with Gasteiger partial charge in [0.15, 0.2) is 0 Å². The highest BCUT2D eigenvalue weighted by atomic mass is 16.5. The maximum Gasteiger partial charge on any atom is 0.306 e. The molecule has 5 heteroatoms. The Morgan fingerprint density at radius 2 is 0.649 bits per heavy atom. The van der Waals surface area contributed by atoms with E-state index in [-0.39, 0.29) is 11.9 Å². The van der Waals surface area contributed by atoms with Gasteiger partial charge in [-0.3, -0.25) is 9.59 Å². The van der Waals surface area contributed by atoms with Gasteiger partial charge in [-0.05, 0) is 90.0 Å². The van der Waals surface area contributed by atoms with E-state index in [2.05, 4.69) is 53.5 Å². The first-order valence-electron chi connectivity index (χ1n) is 25.8. The zero-order valence-electron chi connectivity index (χ0n) is 40.0. The van der Waals surface area contributed by atoms with Crippen molar-refractivity contribution in [3.8, 4) is 0 Å². The van der Waals surface area contributed by atoms with Crippen molar-refractivity contribution in [3.63, 3.8) is 0 Å². The molecule has 0 unspecified atom stereocenters. The molecule has 0 aliphatic rings. The summed E-state index contributed by atoms with van der Waals surface area (Å²) in [6.07, 6.45) is 44.3. The Bertz CT molecular complexity index is 766. The van der Waals surface area contributed by atoms with Gasteiger partial charge >= 0.3 is 11.9 Å². The Kier molecular flexibility index (Phi) is 42.2. The van der Waals surface area contributed by atoms with E-state index < -0.39 is 0 Å². The van der Waals surface area contributed by atoms with Crippen molar-refractivity contribution in [1.29, 1.82) is 0 Å². The molecule has 0 amide bonds. The number of ether oxygens (including phenoxy) is 2. The molecule has 0 aromatic heterocycles. The normalized spacial score (nSPS) is 11.9. The molecule has 0 spiro atoms. The molecule has 0 aliphatic carbocycles. The van der Waals surface area contributed by atoms with Crippen molar-refractivity contribution < 1.29 is 19.1 Å². The second kappa shape index (κ2) is 43.0. The topological polar surface area (TPSA) is 55.8 Å². The van der Waals surface area contributed by atoms with Gasteiger partial charge in [0.2, 0.25) is 0 Å². The van der Waals surface area contributed by atoms with Crippen LogP contribution in [0.15, 0.2) is 0 Å². The van der Waals surface area contributed by atoms with E-state index >= 15 is 0 Å². The van der Waals surface area contributed by atoms with Crippen molar-refractivity contribution in [2.24, 2.45) is 17.8 Å². The third-order valence-corrected chi connectivity index (χ3v) is 12.7. The zero-order valence-corrected chi connectivity index (χ0v) is 40.0. The summed E-state index contributed by atoms with van der Waals surface area (Å²) in [6, 6.07) is 0.616. The number of nitrogens with zero attached hydrogens (tertiary/aromatic N) is 1. The molecule has 0 heterocycles. The summed E-state index contributed by atoms with van der Waals surface area (Å²) in [6.45, 7) is 16.1. The Hall–Kier alpha value is -1.10. The minimum atomic E-state index is 0.0408.